The molecule has 1 N–H and O–H groups in total. The van der Waals surface area contributed by atoms with Crippen LogP contribution in [0.5, 0.6) is 0 Å². The number of hydrogen-bond donors (Lipinski definition) is 1. The highest BCUT2D eigenvalue weighted by Crippen LogP contribution is 2.23. The molecule has 118 valence electrons. The summed E-state index contributed by atoms with van der Waals surface area (Å²) in [4.78, 5) is 12.4. The quantitative estimate of drug-likeness (QED) is 0.787. The molecule has 3 aromatic rings. The lowest BCUT2D eigenvalue weighted by molar-refractivity contribution is 0.102. The molecule has 0 aliphatic rings. The molecule has 2 aromatic heterocycles. The molecule has 2 heterocycles. The summed E-state index contributed by atoms with van der Waals surface area (Å²) >= 11 is 1.38. The third-order valence-corrected chi connectivity index (χ3v) is 4.30. The van der Waals surface area contributed by atoms with Gasteiger partial charge in [-0.15, -0.1) is 15.3 Å². The van der Waals surface area contributed by atoms with Crippen LogP contribution in [0, 0.1) is 0 Å². The number of carbonyl (C=O) groups is 1. The van der Waals surface area contributed by atoms with Crippen molar-refractivity contribution in [3.05, 3.63) is 34.8 Å². The molecule has 0 spiro atoms. The number of carbonyl (C=O) groups excluding carboxylic acids is 1. The molecule has 0 aliphatic carbocycles. The highest BCUT2D eigenvalue weighted by Gasteiger charge is 2.13. The third kappa shape index (κ3) is 3.24. The molecule has 23 heavy (non-hydrogen) atoms. The van der Waals surface area contributed by atoms with E-state index in [2.05, 4.69) is 31.0 Å². The molecule has 0 saturated carbocycles. The zero-order valence-corrected chi connectivity index (χ0v) is 13.7. The minimum atomic E-state index is -0.242. The van der Waals surface area contributed by atoms with Gasteiger partial charge in [0.15, 0.2) is 5.82 Å². The first-order valence-electron chi connectivity index (χ1n) is 7.02. The van der Waals surface area contributed by atoms with Gasteiger partial charge in [0.25, 0.3) is 5.91 Å². The van der Waals surface area contributed by atoms with Crippen molar-refractivity contribution in [2.45, 2.75) is 19.8 Å². The molecular weight excluding hydrogens is 314 g/mol. The maximum absolute atomic E-state index is 12.4. The normalized spacial score (nSPS) is 11.0. The van der Waals surface area contributed by atoms with Gasteiger partial charge >= 0.3 is 0 Å². The van der Waals surface area contributed by atoms with Crippen molar-refractivity contribution in [2.75, 3.05) is 5.32 Å². The van der Waals surface area contributed by atoms with E-state index in [9.17, 15) is 4.79 Å². The van der Waals surface area contributed by atoms with Crippen molar-refractivity contribution in [1.82, 2.24) is 30.4 Å². The standard InChI is InChI=1S/C14H15N7OS/c1-8(2)13-17-18-14(23-13)15-12(22)10-6-4-5-9(7-10)11-16-19-20-21(11)3/h4-8H,1-3H3,(H,15,18,22). The number of nitrogens with zero attached hydrogens (tertiary/aromatic N) is 6. The Morgan fingerprint density at radius 1 is 1.26 bits per heavy atom. The summed E-state index contributed by atoms with van der Waals surface area (Å²) in [7, 11) is 1.75. The average molecular weight is 329 g/mol. The maximum Gasteiger partial charge on any atom is 0.257 e. The smallest absolute Gasteiger partial charge is 0.257 e. The minimum Gasteiger partial charge on any atom is -0.296 e. The highest BCUT2D eigenvalue weighted by atomic mass is 32.1. The third-order valence-electron chi connectivity index (χ3n) is 3.16. The van der Waals surface area contributed by atoms with Crippen molar-refractivity contribution >= 4 is 22.4 Å². The van der Waals surface area contributed by atoms with Crippen LogP contribution in [0.2, 0.25) is 0 Å². The maximum atomic E-state index is 12.4. The van der Waals surface area contributed by atoms with E-state index in [1.54, 1.807) is 29.9 Å². The van der Waals surface area contributed by atoms with Gasteiger partial charge in [0.2, 0.25) is 5.13 Å². The fraction of sp³-hybridized carbons (Fsp3) is 0.286. The molecular formula is C14H15N7OS. The van der Waals surface area contributed by atoms with Crippen LogP contribution in [0.15, 0.2) is 24.3 Å². The lowest BCUT2D eigenvalue weighted by Gasteiger charge is -2.04. The average Bonchev–Trinajstić information content (AvgIpc) is 3.16. The SMILES string of the molecule is CC(C)c1nnc(NC(=O)c2cccc(-c3nnnn3C)c2)s1. The summed E-state index contributed by atoms with van der Waals surface area (Å²) in [6, 6.07) is 7.11. The van der Waals surface area contributed by atoms with E-state index in [0.717, 1.165) is 10.6 Å². The van der Waals surface area contributed by atoms with Crippen molar-refractivity contribution in [1.29, 1.82) is 0 Å². The highest BCUT2D eigenvalue weighted by molar-refractivity contribution is 7.15. The Kier molecular flexibility index (Phi) is 4.11. The second-order valence-corrected chi connectivity index (χ2v) is 6.27. The Morgan fingerprint density at radius 2 is 2.09 bits per heavy atom. The summed E-state index contributed by atoms with van der Waals surface area (Å²) in [5.74, 6) is 0.635. The lowest BCUT2D eigenvalue weighted by atomic mass is 10.1. The van der Waals surface area contributed by atoms with E-state index < -0.39 is 0 Å². The molecule has 1 amide bonds. The Bertz CT molecular complexity index is 839. The summed E-state index contributed by atoms with van der Waals surface area (Å²) in [6.45, 7) is 4.06. The molecule has 9 heteroatoms. The van der Waals surface area contributed by atoms with Gasteiger partial charge in [0, 0.05) is 24.1 Å². The topological polar surface area (TPSA) is 98.5 Å². The molecule has 0 atom stereocenters. The van der Waals surface area contributed by atoms with Crippen LogP contribution >= 0.6 is 11.3 Å². The summed E-state index contributed by atoms with van der Waals surface area (Å²) in [5, 5.41) is 23.5. The second kappa shape index (κ2) is 6.21. The molecule has 3 rings (SSSR count). The zero-order chi connectivity index (χ0) is 16.4. The van der Waals surface area contributed by atoms with Gasteiger partial charge in [-0.2, -0.15) is 0 Å². The molecule has 0 unspecified atom stereocenters. The number of anilines is 1. The fourth-order valence-corrected chi connectivity index (χ4v) is 2.70. The zero-order valence-electron chi connectivity index (χ0n) is 12.9. The Morgan fingerprint density at radius 3 is 2.74 bits per heavy atom. The van der Waals surface area contributed by atoms with Gasteiger partial charge in [-0.25, -0.2) is 4.68 Å². The fourth-order valence-electron chi connectivity index (χ4n) is 1.96. The van der Waals surface area contributed by atoms with Crippen LogP contribution < -0.4 is 5.32 Å². The van der Waals surface area contributed by atoms with Gasteiger partial charge < -0.3 is 0 Å². The number of hydrogen-bond acceptors (Lipinski definition) is 7. The van der Waals surface area contributed by atoms with E-state index in [-0.39, 0.29) is 11.8 Å². The summed E-state index contributed by atoms with van der Waals surface area (Å²) < 4.78 is 1.55. The van der Waals surface area contributed by atoms with E-state index in [1.807, 2.05) is 19.9 Å². The van der Waals surface area contributed by atoms with Crippen LogP contribution in [0.1, 0.15) is 35.1 Å². The molecule has 0 bridgehead atoms. The minimum absolute atomic E-state index is 0.242. The molecule has 0 fully saturated rings. The van der Waals surface area contributed by atoms with Crippen LogP contribution in [0.4, 0.5) is 5.13 Å². The molecule has 0 saturated heterocycles. The van der Waals surface area contributed by atoms with Gasteiger partial charge in [0.1, 0.15) is 5.01 Å². The predicted molar refractivity (Wildman–Crippen MR) is 86.2 cm³/mol. The van der Waals surface area contributed by atoms with Crippen LogP contribution in [0.25, 0.3) is 11.4 Å². The Balaban J connectivity index is 1.81. The number of aromatic nitrogens is 6. The first-order valence-corrected chi connectivity index (χ1v) is 7.84. The van der Waals surface area contributed by atoms with E-state index in [1.165, 1.54) is 11.3 Å². The number of nitrogens with one attached hydrogen (secondary N) is 1. The number of aryl methyl sites for hydroxylation is 1. The number of rotatable bonds is 4. The Hall–Kier alpha value is -2.68. The van der Waals surface area contributed by atoms with E-state index in [0.29, 0.717) is 16.5 Å². The van der Waals surface area contributed by atoms with Crippen molar-refractivity contribution in [3.63, 3.8) is 0 Å². The van der Waals surface area contributed by atoms with E-state index in [4.69, 9.17) is 0 Å². The first-order chi connectivity index (χ1) is 11.0. The molecule has 1 aromatic carbocycles. The van der Waals surface area contributed by atoms with Crippen molar-refractivity contribution in [2.24, 2.45) is 7.05 Å². The van der Waals surface area contributed by atoms with Crippen molar-refractivity contribution in [3.8, 4) is 11.4 Å². The predicted octanol–water partition coefficient (Wildman–Crippen LogP) is 2.10. The van der Waals surface area contributed by atoms with Gasteiger partial charge in [0.05, 0.1) is 0 Å². The van der Waals surface area contributed by atoms with Crippen LogP contribution in [-0.4, -0.2) is 36.3 Å². The molecule has 0 radical (unpaired) electrons. The van der Waals surface area contributed by atoms with E-state index >= 15 is 0 Å². The molecule has 0 aliphatic heterocycles. The first kappa shape index (κ1) is 15.2. The monoisotopic (exact) mass is 329 g/mol. The molecule has 8 nitrogen and oxygen atoms in total. The number of amides is 1. The van der Waals surface area contributed by atoms with Crippen LogP contribution in [-0.2, 0) is 7.05 Å². The van der Waals surface area contributed by atoms with Crippen LogP contribution in [0.3, 0.4) is 0 Å². The largest absolute Gasteiger partial charge is 0.296 e. The van der Waals surface area contributed by atoms with Gasteiger partial charge in [-0.1, -0.05) is 37.3 Å². The second-order valence-electron chi connectivity index (χ2n) is 5.26. The summed E-state index contributed by atoms with van der Waals surface area (Å²) in [6.07, 6.45) is 0. The lowest BCUT2D eigenvalue weighted by Crippen LogP contribution is -2.11. The van der Waals surface area contributed by atoms with Gasteiger partial charge in [-0.3, -0.25) is 10.1 Å². The van der Waals surface area contributed by atoms with Crippen molar-refractivity contribution < 1.29 is 4.79 Å². The van der Waals surface area contributed by atoms with Gasteiger partial charge in [-0.05, 0) is 22.6 Å². The Labute approximate surface area is 136 Å². The summed E-state index contributed by atoms with van der Waals surface area (Å²) in [5.41, 5.74) is 1.28. The number of tetrazole rings is 1. The number of benzene rings is 1.